The molecule has 7 heteroatoms. The van der Waals surface area contributed by atoms with Crippen molar-refractivity contribution in [1.29, 1.82) is 10.5 Å². The molecule has 0 amide bonds. The van der Waals surface area contributed by atoms with Gasteiger partial charge in [0.25, 0.3) is 0 Å². The van der Waals surface area contributed by atoms with Crippen LogP contribution in [0.2, 0.25) is 5.02 Å². The van der Waals surface area contributed by atoms with E-state index in [-0.39, 0.29) is 10.7 Å². The molecule has 0 saturated carbocycles. The van der Waals surface area contributed by atoms with Gasteiger partial charge in [-0.25, -0.2) is 13.2 Å². The van der Waals surface area contributed by atoms with E-state index in [2.05, 4.69) is 5.32 Å². The molecule has 1 N–H and O–H groups in total. The molecule has 0 unspecified atom stereocenters. The summed E-state index contributed by atoms with van der Waals surface area (Å²) in [6.07, 6.45) is 0. The van der Waals surface area contributed by atoms with Crippen molar-refractivity contribution < 1.29 is 13.2 Å². The third kappa shape index (κ3) is 2.49. The molecule has 21 heavy (non-hydrogen) atoms. The molecule has 0 aliphatic heterocycles. The van der Waals surface area contributed by atoms with Gasteiger partial charge in [-0.15, -0.1) is 0 Å². The van der Waals surface area contributed by atoms with E-state index < -0.39 is 34.3 Å². The van der Waals surface area contributed by atoms with Crippen LogP contribution in [0, 0.1) is 40.1 Å². The summed E-state index contributed by atoms with van der Waals surface area (Å²) in [5.74, 6) is -4.54. The number of anilines is 2. The van der Waals surface area contributed by atoms with Gasteiger partial charge < -0.3 is 5.32 Å². The fourth-order valence-electron chi connectivity index (χ4n) is 1.68. The van der Waals surface area contributed by atoms with Crippen LogP contribution in [-0.4, -0.2) is 0 Å². The van der Waals surface area contributed by atoms with Crippen LogP contribution >= 0.6 is 11.6 Å². The zero-order valence-electron chi connectivity index (χ0n) is 10.2. The second kappa shape index (κ2) is 5.74. The number of nitrogens with zero attached hydrogens (tertiary/aromatic N) is 2. The summed E-state index contributed by atoms with van der Waals surface area (Å²) in [6.45, 7) is 0. The SMILES string of the molecule is N#Cc1c(F)c(F)c(Nc2ccccc2Cl)c(F)c1C#N. The van der Waals surface area contributed by atoms with Gasteiger partial charge in [-0.2, -0.15) is 10.5 Å². The minimum absolute atomic E-state index is 0.130. The van der Waals surface area contributed by atoms with E-state index >= 15 is 0 Å². The van der Waals surface area contributed by atoms with Crippen LogP contribution in [0.15, 0.2) is 24.3 Å². The average molecular weight is 308 g/mol. The molecular formula is C14H5ClF3N3. The molecule has 2 aromatic rings. The van der Waals surface area contributed by atoms with E-state index in [9.17, 15) is 13.2 Å². The predicted octanol–water partition coefficient (Wildman–Crippen LogP) is 4.24. The van der Waals surface area contributed by atoms with Gasteiger partial charge >= 0.3 is 0 Å². The fraction of sp³-hybridized carbons (Fsp3) is 0. The molecule has 0 fully saturated rings. The molecule has 3 nitrogen and oxygen atoms in total. The maximum absolute atomic E-state index is 14.1. The second-order valence-corrected chi connectivity index (χ2v) is 4.30. The van der Waals surface area contributed by atoms with Crippen LogP contribution in [-0.2, 0) is 0 Å². The van der Waals surface area contributed by atoms with Gasteiger partial charge in [0.2, 0.25) is 0 Å². The molecule has 2 rings (SSSR count). The number of hydrogen-bond donors (Lipinski definition) is 1. The molecule has 0 bridgehead atoms. The van der Waals surface area contributed by atoms with Gasteiger partial charge in [0.05, 0.1) is 10.7 Å². The highest BCUT2D eigenvalue weighted by molar-refractivity contribution is 6.33. The van der Waals surface area contributed by atoms with E-state index in [1.54, 1.807) is 12.1 Å². The standard InChI is InChI=1S/C14H5ClF3N3/c15-9-3-1-2-4-10(9)21-14-12(17)8(6-20)7(5-19)11(16)13(14)18/h1-4,21H. The Hall–Kier alpha value is -2.70. The molecule has 0 atom stereocenters. The number of benzene rings is 2. The van der Waals surface area contributed by atoms with Gasteiger partial charge in [-0.05, 0) is 12.1 Å². The normalized spacial score (nSPS) is 9.81. The summed E-state index contributed by atoms with van der Waals surface area (Å²) in [4.78, 5) is 0. The molecule has 104 valence electrons. The predicted molar refractivity (Wildman–Crippen MR) is 70.5 cm³/mol. The van der Waals surface area contributed by atoms with Gasteiger partial charge in [0.1, 0.15) is 29.0 Å². The first-order chi connectivity index (χ1) is 10.0. The first kappa shape index (κ1) is 14.7. The Morgan fingerprint density at radius 1 is 0.905 bits per heavy atom. The summed E-state index contributed by atoms with van der Waals surface area (Å²) in [5, 5.41) is 19.9. The summed E-state index contributed by atoms with van der Waals surface area (Å²) in [7, 11) is 0. The molecule has 2 aromatic carbocycles. The van der Waals surface area contributed by atoms with E-state index in [0.29, 0.717) is 0 Å². The molecule has 0 spiro atoms. The minimum atomic E-state index is -1.59. The Bertz CT molecular complexity index is 807. The van der Waals surface area contributed by atoms with Crippen molar-refractivity contribution in [3.8, 4) is 12.1 Å². The summed E-state index contributed by atoms with van der Waals surface area (Å²) >= 11 is 5.83. The average Bonchev–Trinajstić information content (AvgIpc) is 2.48. The van der Waals surface area contributed by atoms with Crippen LogP contribution in [0.3, 0.4) is 0 Å². The summed E-state index contributed by atoms with van der Waals surface area (Å²) in [6, 6.07) is 8.65. The minimum Gasteiger partial charge on any atom is -0.349 e. The number of nitriles is 2. The molecule has 0 aromatic heterocycles. The molecular weight excluding hydrogens is 303 g/mol. The Labute approximate surface area is 122 Å². The number of para-hydroxylation sites is 1. The van der Waals surface area contributed by atoms with E-state index in [0.717, 1.165) is 0 Å². The van der Waals surface area contributed by atoms with Gasteiger partial charge in [0, 0.05) is 0 Å². The lowest BCUT2D eigenvalue weighted by atomic mass is 10.1. The smallest absolute Gasteiger partial charge is 0.186 e. The van der Waals surface area contributed by atoms with Crippen LogP contribution in [0.1, 0.15) is 11.1 Å². The second-order valence-electron chi connectivity index (χ2n) is 3.90. The fourth-order valence-corrected chi connectivity index (χ4v) is 1.86. The molecule has 0 saturated heterocycles. The zero-order chi connectivity index (χ0) is 15.6. The molecule has 0 heterocycles. The van der Waals surface area contributed by atoms with Crippen molar-refractivity contribution in [2.75, 3.05) is 5.32 Å². The van der Waals surface area contributed by atoms with Crippen molar-refractivity contribution in [1.82, 2.24) is 0 Å². The van der Waals surface area contributed by atoms with E-state index in [1.165, 1.54) is 24.3 Å². The van der Waals surface area contributed by atoms with Crippen LogP contribution in [0.5, 0.6) is 0 Å². The monoisotopic (exact) mass is 307 g/mol. The van der Waals surface area contributed by atoms with Crippen molar-refractivity contribution in [3.05, 3.63) is 57.9 Å². The third-order valence-electron chi connectivity index (χ3n) is 2.68. The quantitative estimate of drug-likeness (QED) is 0.844. The summed E-state index contributed by atoms with van der Waals surface area (Å²) in [5.41, 5.74) is -2.59. The lowest BCUT2D eigenvalue weighted by Crippen LogP contribution is -2.06. The van der Waals surface area contributed by atoms with Crippen LogP contribution in [0.4, 0.5) is 24.5 Å². The highest BCUT2D eigenvalue weighted by Crippen LogP contribution is 2.32. The topological polar surface area (TPSA) is 59.6 Å². The third-order valence-corrected chi connectivity index (χ3v) is 3.01. The Morgan fingerprint density at radius 3 is 2.05 bits per heavy atom. The first-order valence-corrected chi connectivity index (χ1v) is 5.91. The van der Waals surface area contributed by atoms with Crippen molar-refractivity contribution in [2.24, 2.45) is 0 Å². The Balaban J connectivity index is 2.67. The number of rotatable bonds is 2. The Morgan fingerprint density at radius 2 is 1.48 bits per heavy atom. The lowest BCUT2D eigenvalue weighted by Gasteiger charge is -2.12. The van der Waals surface area contributed by atoms with Crippen molar-refractivity contribution in [2.45, 2.75) is 0 Å². The first-order valence-electron chi connectivity index (χ1n) is 5.53. The van der Waals surface area contributed by atoms with E-state index in [1.807, 2.05) is 0 Å². The maximum atomic E-state index is 14.1. The van der Waals surface area contributed by atoms with Gasteiger partial charge in [-0.3, -0.25) is 0 Å². The lowest BCUT2D eigenvalue weighted by molar-refractivity contribution is 0.496. The Kier molecular flexibility index (Phi) is 4.02. The number of nitrogens with one attached hydrogen (secondary N) is 1. The number of hydrogen-bond acceptors (Lipinski definition) is 3. The molecule has 0 radical (unpaired) electrons. The zero-order valence-corrected chi connectivity index (χ0v) is 11.0. The maximum Gasteiger partial charge on any atom is 0.186 e. The molecule has 0 aliphatic carbocycles. The molecule has 0 aliphatic rings. The van der Waals surface area contributed by atoms with Gasteiger partial charge in [-0.1, -0.05) is 23.7 Å². The number of halogens is 4. The van der Waals surface area contributed by atoms with E-state index in [4.69, 9.17) is 22.1 Å². The van der Waals surface area contributed by atoms with Crippen LogP contribution in [0.25, 0.3) is 0 Å². The largest absolute Gasteiger partial charge is 0.349 e. The summed E-state index contributed by atoms with van der Waals surface area (Å²) < 4.78 is 41.7. The van der Waals surface area contributed by atoms with Crippen LogP contribution < -0.4 is 5.32 Å². The highest BCUT2D eigenvalue weighted by atomic mass is 35.5. The van der Waals surface area contributed by atoms with Crippen molar-refractivity contribution >= 4 is 23.0 Å². The van der Waals surface area contributed by atoms with Crippen molar-refractivity contribution in [3.63, 3.8) is 0 Å². The van der Waals surface area contributed by atoms with Gasteiger partial charge in [0.15, 0.2) is 17.5 Å². The highest BCUT2D eigenvalue weighted by Gasteiger charge is 2.25.